The average Bonchev–Trinajstić information content (AvgIpc) is 3.44. The summed E-state index contributed by atoms with van der Waals surface area (Å²) < 4.78 is 17.0. The highest BCUT2D eigenvalue weighted by molar-refractivity contribution is 5.94. The summed E-state index contributed by atoms with van der Waals surface area (Å²) in [5.41, 5.74) is 2.55. The lowest BCUT2D eigenvalue weighted by Crippen LogP contribution is -2.38. The lowest BCUT2D eigenvalue weighted by molar-refractivity contribution is 0.0322. The Labute approximate surface area is 166 Å². The van der Waals surface area contributed by atoms with Crippen LogP contribution in [-0.4, -0.2) is 70.1 Å². The normalized spacial score (nSPS) is 15.0. The second-order valence-electron chi connectivity index (χ2n) is 6.82. The van der Waals surface area contributed by atoms with Crippen LogP contribution in [0.4, 0.5) is 0 Å². The Bertz CT molecular complexity index is 1090. The minimum absolute atomic E-state index is 0.597. The Hall–Kier alpha value is -3.30. The van der Waals surface area contributed by atoms with E-state index in [2.05, 4.69) is 30.7 Å². The Kier molecular flexibility index (Phi) is 4.89. The molecule has 0 bridgehead atoms. The Morgan fingerprint density at radius 1 is 1.07 bits per heavy atom. The first-order chi connectivity index (χ1) is 14.4. The molecule has 1 fully saturated rings. The molecule has 1 aliphatic rings. The number of ether oxygens (including phenoxy) is 2. The molecule has 5 rings (SSSR count). The lowest BCUT2D eigenvalue weighted by Gasteiger charge is -2.26. The van der Waals surface area contributed by atoms with Crippen molar-refractivity contribution in [2.24, 2.45) is 0 Å². The lowest BCUT2D eigenvalue weighted by atomic mass is 10.1. The van der Waals surface area contributed by atoms with Gasteiger partial charge in [-0.1, -0.05) is 17.3 Å². The molecule has 0 aliphatic carbocycles. The topological polar surface area (TPSA) is 102 Å². The van der Waals surface area contributed by atoms with Gasteiger partial charge >= 0.3 is 0 Å². The van der Waals surface area contributed by atoms with Crippen LogP contribution >= 0.6 is 0 Å². The van der Waals surface area contributed by atoms with E-state index < -0.39 is 0 Å². The summed E-state index contributed by atoms with van der Waals surface area (Å²) in [6, 6.07) is 13.6. The van der Waals surface area contributed by atoms with E-state index in [1.165, 1.54) is 0 Å². The summed E-state index contributed by atoms with van der Waals surface area (Å²) in [6.07, 6.45) is 0. The smallest absolute Gasteiger partial charge is 0.179 e. The molecule has 0 spiro atoms. The monoisotopic (exact) mass is 392 g/mol. The largest absolute Gasteiger partial charge is 0.492 e. The van der Waals surface area contributed by atoms with Crippen LogP contribution in [0, 0.1) is 0 Å². The number of H-pyrrole nitrogens is 1. The second-order valence-corrected chi connectivity index (χ2v) is 6.82. The predicted molar refractivity (Wildman–Crippen MR) is 105 cm³/mol. The highest BCUT2D eigenvalue weighted by Crippen LogP contribution is 2.32. The van der Waals surface area contributed by atoms with Crippen LogP contribution in [-0.2, 0) is 4.74 Å². The third-order valence-corrected chi connectivity index (χ3v) is 4.97. The first-order valence-electron chi connectivity index (χ1n) is 9.54. The fraction of sp³-hybridized carbons (Fsp3) is 0.300. The van der Waals surface area contributed by atoms with Crippen LogP contribution in [0.25, 0.3) is 33.6 Å². The van der Waals surface area contributed by atoms with Crippen molar-refractivity contribution >= 4 is 10.9 Å². The van der Waals surface area contributed by atoms with E-state index in [9.17, 15) is 0 Å². The number of nitrogens with one attached hydrogen (secondary N) is 1. The molecule has 0 atom stereocenters. The van der Waals surface area contributed by atoms with E-state index in [0.29, 0.717) is 18.2 Å². The van der Waals surface area contributed by atoms with E-state index in [1.54, 1.807) is 0 Å². The number of nitrogens with zero attached hydrogens (tertiary/aromatic N) is 5. The minimum atomic E-state index is 0.597. The van der Waals surface area contributed by atoms with Gasteiger partial charge in [-0.05, 0) is 40.8 Å². The van der Waals surface area contributed by atoms with Crippen molar-refractivity contribution in [2.75, 3.05) is 39.5 Å². The maximum atomic E-state index is 5.97. The van der Waals surface area contributed by atoms with Gasteiger partial charge in [0.15, 0.2) is 11.6 Å². The van der Waals surface area contributed by atoms with Crippen molar-refractivity contribution in [2.45, 2.75) is 0 Å². The summed E-state index contributed by atoms with van der Waals surface area (Å²) in [5, 5.41) is 19.1. The minimum Gasteiger partial charge on any atom is -0.492 e. The van der Waals surface area contributed by atoms with Gasteiger partial charge in [0.25, 0.3) is 0 Å². The number of aromatic amines is 1. The third kappa shape index (κ3) is 3.82. The van der Waals surface area contributed by atoms with Gasteiger partial charge in [-0.15, -0.1) is 5.10 Å². The van der Waals surface area contributed by atoms with Gasteiger partial charge in [-0.3, -0.25) is 4.90 Å². The predicted octanol–water partition coefficient (Wildman–Crippen LogP) is 2.39. The van der Waals surface area contributed by atoms with Crippen molar-refractivity contribution in [1.82, 2.24) is 30.7 Å². The van der Waals surface area contributed by atoms with Gasteiger partial charge in [0.1, 0.15) is 17.9 Å². The third-order valence-electron chi connectivity index (χ3n) is 4.97. The van der Waals surface area contributed by atoms with Crippen LogP contribution in [0.15, 0.2) is 47.0 Å². The maximum absolute atomic E-state index is 5.97. The molecule has 9 nitrogen and oxygen atoms in total. The molecule has 0 saturated carbocycles. The van der Waals surface area contributed by atoms with Gasteiger partial charge in [0.2, 0.25) is 0 Å². The molecule has 2 aromatic carbocycles. The van der Waals surface area contributed by atoms with Crippen LogP contribution in [0.2, 0.25) is 0 Å². The SMILES string of the molecule is c1cc(OCCN2CCOCC2)cc(-c2onc3ccc(-c4nnn[nH]4)cc23)c1. The fourth-order valence-electron chi connectivity index (χ4n) is 3.42. The Morgan fingerprint density at radius 2 is 2.00 bits per heavy atom. The maximum Gasteiger partial charge on any atom is 0.179 e. The van der Waals surface area contributed by atoms with Gasteiger partial charge < -0.3 is 14.0 Å². The van der Waals surface area contributed by atoms with Crippen molar-refractivity contribution in [3.05, 3.63) is 42.5 Å². The van der Waals surface area contributed by atoms with Crippen molar-refractivity contribution < 1.29 is 14.0 Å². The number of tetrazole rings is 1. The highest BCUT2D eigenvalue weighted by atomic mass is 16.5. The van der Waals surface area contributed by atoms with Crippen molar-refractivity contribution in [1.29, 1.82) is 0 Å². The Balaban J connectivity index is 1.36. The number of hydrogen-bond donors (Lipinski definition) is 1. The first-order valence-corrected chi connectivity index (χ1v) is 9.54. The van der Waals surface area contributed by atoms with E-state index in [4.69, 9.17) is 14.0 Å². The van der Waals surface area contributed by atoms with Gasteiger partial charge in [-0.25, -0.2) is 5.10 Å². The molecule has 148 valence electrons. The molecule has 1 saturated heterocycles. The summed E-state index contributed by atoms with van der Waals surface area (Å²) in [5.74, 6) is 2.09. The van der Waals surface area contributed by atoms with Crippen LogP contribution in [0.3, 0.4) is 0 Å². The molecule has 29 heavy (non-hydrogen) atoms. The number of fused-ring (bicyclic) bond motifs is 1. The molecule has 0 unspecified atom stereocenters. The quantitative estimate of drug-likeness (QED) is 0.534. The van der Waals surface area contributed by atoms with Gasteiger partial charge in [0.05, 0.1) is 18.6 Å². The van der Waals surface area contributed by atoms with Crippen molar-refractivity contribution in [3.8, 4) is 28.5 Å². The average molecular weight is 392 g/mol. The van der Waals surface area contributed by atoms with Crippen molar-refractivity contribution in [3.63, 3.8) is 0 Å². The summed E-state index contributed by atoms with van der Waals surface area (Å²) >= 11 is 0. The molecule has 1 N–H and O–H groups in total. The standard InChI is InChI=1S/C20H20N6O3/c1-2-14(12-16(3-1)28-11-8-26-6-9-27-10-7-26)19-17-13-15(20-21-24-25-22-20)4-5-18(17)23-29-19/h1-5,12-13H,6-11H2,(H,21,22,24,25). The number of rotatable bonds is 6. The van der Waals surface area contributed by atoms with E-state index in [1.807, 2.05) is 42.5 Å². The van der Waals surface area contributed by atoms with E-state index in [0.717, 1.165) is 60.6 Å². The molecule has 0 amide bonds. The summed E-state index contributed by atoms with van der Waals surface area (Å²) in [7, 11) is 0. The zero-order chi connectivity index (χ0) is 19.5. The molecule has 1 aliphatic heterocycles. The van der Waals surface area contributed by atoms with Crippen LogP contribution in [0.1, 0.15) is 0 Å². The molecule has 3 heterocycles. The first kappa shape index (κ1) is 17.8. The molecule has 0 radical (unpaired) electrons. The molecular formula is C20H20N6O3. The van der Waals surface area contributed by atoms with E-state index in [-0.39, 0.29) is 0 Å². The molecule has 2 aromatic heterocycles. The summed E-state index contributed by atoms with van der Waals surface area (Å²) in [4.78, 5) is 2.34. The number of hydrogen-bond acceptors (Lipinski definition) is 8. The zero-order valence-electron chi connectivity index (χ0n) is 15.7. The van der Waals surface area contributed by atoms with Crippen LogP contribution < -0.4 is 4.74 Å². The second kappa shape index (κ2) is 7.98. The van der Waals surface area contributed by atoms with Crippen LogP contribution in [0.5, 0.6) is 5.75 Å². The van der Waals surface area contributed by atoms with E-state index >= 15 is 0 Å². The summed E-state index contributed by atoms with van der Waals surface area (Å²) in [6.45, 7) is 5.00. The number of morpholine rings is 1. The fourth-order valence-corrected chi connectivity index (χ4v) is 3.42. The Morgan fingerprint density at radius 3 is 2.86 bits per heavy atom. The number of benzene rings is 2. The highest BCUT2D eigenvalue weighted by Gasteiger charge is 2.14. The van der Waals surface area contributed by atoms with Gasteiger partial charge in [0, 0.05) is 30.8 Å². The van der Waals surface area contributed by atoms with Gasteiger partial charge in [-0.2, -0.15) is 0 Å². The molecule has 4 aromatic rings. The molecular weight excluding hydrogens is 372 g/mol. The number of aromatic nitrogens is 5. The zero-order valence-corrected chi connectivity index (χ0v) is 15.7. The molecule has 9 heteroatoms.